The Labute approximate surface area is 118 Å². The van der Waals surface area contributed by atoms with Crippen molar-refractivity contribution >= 4 is 34.9 Å². The van der Waals surface area contributed by atoms with E-state index in [1.165, 1.54) is 24.5 Å². The normalized spacial score (nSPS) is 10.3. The molecule has 0 aliphatic heterocycles. The third-order valence-electron chi connectivity index (χ3n) is 2.40. The van der Waals surface area contributed by atoms with Crippen LogP contribution in [0.15, 0.2) is 24.5 Å². The van der Waals surface area contributed by atoms with Gasteiger partial charge in [-0.05, 0) is 30.7 Å². The van der Waals surface area contributed by atoms with Gasteiger partial charge in [0, 0.05) is 5.56 Å². The number of hydrogen-bond acceptors (Lipinski definition) is 3. The highest BCUT2D eigenvalue weighted by molar-refractivity contribution is 6.43. The standard InChI is InChI=1S/C12H8Cl2FN3O/c1-6-4-7(2-3-8(6)15)12(19)18-11-9(13)10(14)16-5-17-11/h2-5H,1H3,(H,16,17,18,19). The van der Waals surface area contributed by atoms with Crippen molar-refractivity contribution in [2.45, 2.75) is 6.92 Å². The van der Waals surface area contributed by atoms with Crippen LogP contribution in [0.2, 0.25) is 10.2 Å². The molecule has 0 bridgehead atoms. The summed E-state index contributed by atoms with van der Waals surface area (Å²) in [5.74, 6) is -0.729. The largest absolute Gasteiger partial charge is 0.305 e. The smallest absolute Gasteiger partial charge is 0.256 e. The Bertz CT molecular complexity index is 649. The highest BCUT2D eigenvalue weighted by Gasteiger charge is 2.13. The molecule has 1 aromatic carbocycles. The molecule has 0 aliphatic carbocycles. The topological polar surface area (TPSA) is 54.9 Å². The number of aryl methyl sites for hydroxylation is 1. The second-order valence-corrected chi connectivity index (χ2v) is 4.48. The van der Waals surface area contributed by atoms with E-state index in [0.29, 0.717) is 11.1 Å². The summed E-state index contributed by atoms with van der Waals surface area (Å²) in [6.07, 6.45) is 1.18. The van der Waals surface area contributed by atoms with E-state index >= 15 is 0 Å². The van der Waals surface area contributed by atoms with Crippen molar-refractivity contribution in [1.82, 2.24) is 9.97 Å². The molecule has 0 saturated heterocycles. The maximum atomic E-state index is 13.1. The zero-order valence-corrected chi connectivity index (χ0v) is 11.3. The Morgan fingerprint density at radius 1 is 1.32 bits per heavy atom. The predicted molar refractivity (Wildman–Crippen MR) is 71.1 cm³/mol. The van der Waals surface area contributed by atoms with Gasteiger partial charge in [0.1, 0.15) is 17.2 Å². The Hall–Kier alpha value is -1.72. The lowest BCUT2D eigenvalue weighted by Crippen LogP contribution is -2.14. The summed E-state index contributed by atoms with van der Waals surface area (Å²) >= 11 is 11.6. The van der Waals surface area contributed by atoms with Gasteiger partial charge in [-0.2, -0.15) is 0 Å². The fourth-order valence-corrected chi connectivity index (χ4v) is 1.68. The van der Waals surface area contributed by atoms with Gasteiger partial charge in [0.05, 0.1) is 0 Å². The minimum absolute atomic E-state index is 0.0438. The molecule has 19 heavy (non-hydrogen) atoms. The zero-order valence-electron chi connectivity index (χ0n) is 9.75. The van der Waals surface area contributed by atoms with E-state index in [-0.39, 0.29) is 21.8 Å². The summed E-state index contributed by atoms with van der Waals surface area (Å²) < 4.78 is 13.1. The van der Waals surface area contributed by atoms with E-state index < -0.39 is 5.91 Å². The van der Waals surface area contributed by atoms with E-state index in [0.717, 1.165) is 0 Å². The summed E-state index contributed by atoms with van der Waals surface area (Å²) in [5, 5.41) is 2.58. The maximum absolute atomic E-state index is 13.1. The summed E-state index contributed by atoms with van der Waals surface area (Å²) in [4.78, 5) is 19.4. The molecular formula is C12H8Cl2FN3O. The SMILES string of the molecule is Cc1cc(C(=O)Nc2ncnc(Cl)c2Cl)ccc1F. The Kier molecular flexibility index (Phi) is 3.97. The maximum Gasteiger partial charge on any atom is 0.256 e. The number of aromatic nitrogens is 2. The number of rotatable bonds is 2. The van der Waals surface area contributed by atoms with Gasteiger partial charge in [-0.1, -0.05) is 23.2 Å². The third-order valence-corrected chi connectivity index (χ3v) is 3.14. The van der Waals surface area contributed by atoms with Crippen LogP contribution in [-0.4, -0.2) is 15.9 Å². The average Bonchev–Trinajstić information content (AvgIpc) is 2.38. The van der Waals surface area contributed by atoms with E-state index in [1.807, 2.05) is 0 Å². The van der Waals surface area contributed by atoms with Crippen LogP contribution in [0.5, 0.6) is 0 Å². The van der Waals surface area contributed by atoms with Crippen molar-refractivity contribution in [1.29, 1.82) is 0 Å². The van der Waals surface area contributed by atoms with Crippen molar-refractivity contribution in [3.63, 3.8) is 0 Å². The fraction of sp³-hybridized carbons (Fsp3) is 0.0833. The number of benzene rings is 1. The molecule has 1 heterocycles. The van der Waals surface area contributed by atoms with Gasteiger partial charge in [-0.3, -0.25) is 4.79 Å². The first-order chi connectivity index (χ1) is 8.99. The first-order valence-electron chi connectivity index (χ1n) is 5.22. The first kappa shape index (κ1) is 13.7. The highest BCUT2D eigenvalue weighted by atomic mass is 35.5. The molecule has 1 aromatic heterocycles. The quantitative estimate of drug-likeness (QED) is 0.864. The molecule has 1 N–H and O–H groups in total. The summed E-state index contributed by atoms with van der Waals surface area (Å²) in [5.41, 5.74) is 0.671. The van der Waals surface area contributed by atoms with Crippen LogP contribution >= 0.6 is 23.2 Å². The summed E-state index contributed by atoms with van der Waals surface area (Å²) in [7, 11) is 0. The number of halogens is 3. The van der Waals surface area contributed by atoms with Gasteiger partial charge >= 0.3 is 0 Å². The number of hydrogen-bond donors (Lipinski definition) is 1. The lowest BCUT2D eigenvalue weighted by Gasteiger charge is -2.07. The molecule has 0 saturated carbocycles. The second-order valence-electron chi connectivity index (χ2n) is 3.75. The number of carbonyl (C=O) groups excluding carboxylic acids is 1. The minimum Gasteiger partial charge on any atom is -0.305 e. The van der Waals surface area contributed by atoms with Crippen LogP contribution in [0.4, 0.5) is 10.2 Å². The van der Waals surface area contributed by atoms with Crippen molar-refractivity contribution < 1.29 is 9.18 Å². The van der Waals surface area contributed by atoms with Crippen LogP contribution in [0.25, 0.3) is 0 Å². The predicted octanol–water partition coefficient (Wildman–Crippen LogP) is 3.48. The molecule has 0 fully saturated rings. The molecule has 4 nitrogen and oxygen atoms in total. The van der Waals surface area contributed by atoms with Crippen LogP contribution in [0, 0.1) is 12.7 Å². The van der Waals surface area contributed by atoms with Crippen LogP contribution in [0.1, 0.15) is 15.9 Å². The molecule has 1 amide bonds. The lowest BCUT2D eigenvalue weighted by molar-refractivity contribution is 0.102. The Balaban J connectivity index is 2.26. The van der Waals surface area contributed by atoms with Gasteiger partial charge in [-0.25, -0.2) is 14.4 Å². The van der Waals surface area contributed by atoms with E-state index in [9.17, 15) is 9.18 Å². The number of nitrogens with one attached hydrogen (secondary N) is 1. The first-order valence-corrected chi connectivity index (χ1v) is 5.98. The molecular weight excluding hydrogens is 292 g/mol. The molecule has 0 unspecified atom stereocenters. The molecule has 0 atom stereocenters. The highest BCUT2D eigenvalue weighted by Crippen LogP contribution is 2.25. The van der Waals surface area contributed by atoms with Crippen LogP contribution < -0.4 is 5.32 Å². The molecule has 98 valence electrons. The third kappa shape index (κ3) is 3.00. The van der Waals surface area contributed by atoms with Crippen molar-refractivity contribution in [3.8, 4) is 0 Å². The van der Waals surface area contributed by atoms with Crippen LogP contribution in [-0.2, 0) is 0 Å². The van der Waals surface area contributed by atoms with Crippen molar-refractivity contribution in [2.24, 2.45) is 0 Å². The number of carbonyl (C=O) groups is 1. The van der Waals surface area contributed by atoms with E-state index in [1.54, 1.807) is 6.92 Å². The molecule has 0 spiro atoms. The molecule has 2 rings (SSSR count). The van der Waals surface area contributed by atoms with Gasteiger partial charge in [0.25, 0.3) is 5.91 Å². The minimum atomic E-state index is -0.459. The monoisotopic (exact) mass is 299 g/mol. The van der Waals surface area contributed by atoms with Gasteiger partial charge in [0.15, 0.2) is 11.0 Å². The Morgan fingerprint density at radius 2 is 2.05 bits per heavy atom. The fourth-order valence-electron chi connectivity index (χ4n) is 1.40. The van der Waals surface area contributed by atoms with Gasteiger partial charge < -0.3 is 5.32 Å². The number of anilines is 1. The molecule has 0 aliphatic rings. The van der Waals surface area contributed by atoms with Crippen LogP contribution in [0.3, 0.4) is 0 Å². The zero-order chi connectivity index (χ0) is 14.0. The summed E-state index contributed by atoms with van der Waals surface area (Å²) in [6, 6.07) is 4.02. The summed E-state index contributed by atoms with van der Waals surface area (Å²) in [6.45, 7) is 1.57. The Morgan fingerprint density at radius 3 is 2.74 bits per heavy atom. The number of amides is 1. The van der Waals surface area contributed by atoms with E-state index in [4.69, 9.17) is 23.2 Å². The van der Waals surface area contributed by atoms with Crippen molar-refractivity contribution in [2.75, 3.05) is 5.32 Å². The molecule has 2 aromatic rings. The van der Waals surface area contributed by atoms with E-state index in [2.05, 4.69) is 15.3 Å². The average molecular weight is 300 g/mol. The second kappa shape index (κ2) is 5.50. The number of nitrogens with zero attached hydrogens (tertiary/aromatic N) is 2. The van der Waals surface area contributed by atoms with Gasteiger partial charge in [0.2, 0.25) is 0 Å². The lowest BCUT2D eigenvalue weighted by atomic mass is 10.1. The van der Waals surface area contributed by atoms with Gasteiger partial charge in [-0.15, -0.1) is 0 Å². The molecule has 0 radical (unpaired) electrons. The molecule has 7 heteroatoms. The van der Waals surface area contributed by atoms with Crippen molar-refractivity contribution in [3.05, 3.63) is 51.6 Å².